The number of allylic oxidation sites excluding steroid dienone is 1. The van der Waals surface area contributed by atoms with Crippen LogP contribution in [0.25, 0.3) is 10.8 Å². The normalized spacial score (nSPS) is 22.8. The summed E-state index contributed by atoms with van der Waals surface area (Å²) in [5.41, 5.74) is 3.03. The van der Waals surface area contributed by atoms with E-state index < -0.39 is 47.1 Å². The number of anilines is 1. The topological polar surface area (TPSA) is 219 Å². The Morgan fingerprint density at radius 2 is 1.66 bits per heavy atom. The molecule has 0 aromatic heterocycles. The van der Waals surface area contributed by atoms with Gasteiger partial charge in [0.2, 0.25) is 12.1 Å². The maximum Gasteiger partial charge on any atom is 0.417 e. The van der Waals surface area contributed by atoms with Crippen molar-refractivity contribution in [2.24, 2.45) is 22.9 Å². The Bertz CT molecular complexity index is 2950. The van der Waals surface area contributed by atoms with E-state index in [0.717, 1.165) is 40.3 Å². The highest BCUT2D eigenvalue weighted by Gasteiger charge is 2.66. The summed E-state index contributed by atoms with van der Waals surface area (Å²) in [4.78, 5) is 48.4. The number of aliphatic hydroxyl groups excluding tert-OH is 2. The predicted octanol–water partition coefficient (Wildman–Crippen LogP) is 11.2. The first-order chi connectivity index (χ1) is 37.6. The molecule has 2 amide bonds. The molecular weight excluding hydrogens is 989 g/mol. The van der Waals surface area contributed by atoms with Crippen LogP contribution < -0.4 is 29.0 Å². The van der Waals surface area contributed by atoms with Gasteiger partial charge in [0, 0.05) is 55.7 Å². The van der Waals surface area contributed by atoms with Gasteiger partial charge in [-0.25, -0.2) is 9.59 Å². The largest absolute Gasteiger partial charge is 0.497 e. The zero-order valence-corrected chi connectivity index (χ0v) is 43.4. The Kier molecular flexibility index (Phi) is 17.7. The Hall–Kier alpha value is -7.51. The van der Waals surface area contributed by atoms with Crippen molar-refractivity contribution >= 4 is 40.0 Å². The van der Waals surface area contributed by atoms with Crippen molar-refractivity contribution in [3.8, 4) is 28.7 Å². The van der Waals surface area contributed by atoms with Crippen molar-refractivity contribution in [1.29, 1.82) is 0 Å². The molecule has 9 rings (SSSR count). The SMILES string of the molecule is C=CCO[C@@]12Oc3ccc(OC(=O)Nc4ccc(OC)cc4OC)cc3[C@H]3[C@H](CCCCO)[C@@H](CCCCO)C=C(C(=NOC4CCCCO4)C[C@@H]1N(Cc1cccc4ccccc14)C(=O)Oc1ccc([N+](=O)[O-])cc1)[C@H]32. The molecule has 1 saturated carbocycles. The van der Waals surface area contributed by atoms with E-state index in [9.17, 15) is 25.1 Å². The minimum absolute atomic E-state index is 0.00526. The molecular formula is C59H66N4O14. The summed E-state index contributed by atoms with van der Waals surface area (Å²) in [7, 11) is 3.02. The summed E-state index contributed by atoms with van der Waals surface area (Å²) in [6.45, 7) is 4.58. The number of aliphatic hydroxyl groups is 2. The zero-order chi connectivity index (χ0) is 53.9. The number of nitro groups is 1. The highest BCUT2D eigenvalue weighted by molar-refractivity contribution is 6.03. The Morgan fingerprint density at radius 3 is 2.40 bits per heavy atom. The Labute approximate surface area is 447 Å². The molecule has 406 valence electrons. The lowest BCUT2D eigenvalue weighted by Crippen LogP contribution is -2.70. The van der Waals surface area contributed by atoms with Crippen LogP contribution in [0.5, 0.6) is 28.7 Å². The zero-order valence-electron chi connectivity index (χ0n) is 43.4. The summed E-state index contributed by atoms with van der Waals surface area (Å²) in [6.07, 6.45) is 8.02. The van der Waals surface area contributed by atoms with Crippen LogP contribution in [0.2, 0.25) is 0 Å². The summed E-state index contributed by atoms with van der Waals surface area (Å²) in [6, 6.07) is 28.3. The molecule has 2 heterocycles. The molecule has 0 spiro atoms. The molecule has 1 unspecified atom stereocenters. The second-order valence-corrected chi connectivity index (χ2v) is 19.6. The molecule has 2 fully saturated rings. The fourth-order valence-electron chi connectivity index (χ4n) is 11.5. The van der Waals surface area contributed by atoms with Crippen LogP contribution in [0.15, 0.2) is 133 Å². The number of hydrogen-bond acceptors (Lipinski definition) is 15. The number of carbonyl (C=O) groups is 2. The minimum Gasteiger partial charge on any atom is -0.497 e. The number of ether oxygens (including phenoxy) is 7. The molecule has 2 aliphatic carbocycles. The number of rotatable bonds is 22. The minimum atomic E-state index is -1.70. The summed E-state index contributed by atoms with van der Waals surface area (Å²) in [5, 5.41) is 41.6. The van der Waals surface area contributed by atoms with Gasteiger partial charge >= 0.3 is 12.2 Å². The lowest BCUT2D eigenvalue weighted by atomic mass is 9.55. The number of non-ortho nitro benzene ring substituents is 1. The third-order valence-corrected chi connectivity index (χ3v) is 15.0. The maximum absolute atomic E-state index is 15.5. The van der Waals surface area contributed by atoms with Gasteiger partial charge in [-0.15, -0.1) is 6.58 Å². The van der Waals surface area contributed by atoms with E-state index in [1.807, 2.05) is 48.5 Å². The number of amides is 2. The highest BCUT2D eigenvalue weighted by atomic mass is 16.8. The van der Waals surface area contributed by atoms with E-state index in [1.165, 1.54) is 38.5 Å². The molecule has 5 aromatic rings. The predicted molar refractivity (Wildman–Crippen MR) is 287 cm³/mol. The van der Waals surface area contributed by atoms with Crippen molar-refractivity contribution in [3.63, 3.8) is 0 Å². The van der Waals surface area contributed by atoms with E-state index in [4.69, 9.17) is 43.2 Å². The van der Waals surface area contributed by atoms with Gasteiger partial charge < -0.3 is 48.2 Å². The molecule has 3 N–H and O–H groups in total. The lowest BCUT2D eigenvalue weighted by Gasteiger charge is -2.59. The molecule has 5 aromatic carbocycles. The molecule has 18 heteroatoms. The van der Waals surface area contributed by atoms with E-state index in [-0.39, 0.29) is 61.8 Å². The average Bonchev–Trinajstić information content (AvgIpc) is 3.55. The van der Waals surface area contributed by atoms with Crippen molar-refractivity contribution in [2.75, 3.05) is 46.0 Å². The molecule has 2 aliphatic heterocycles. The van der Waals surface area contributed by atoms with Gasteiger partial charge in [-0.05, 0) is 115 Å². The number of fused-ring (bicyclic) bond motifs is 3. The van der Waals surface area contributed by atoms with Gasteiger partial charge in [-0.2, -0.15) is 0 Å². The third kappa shape index (κ3) is 12.1. The van der Waals surface area contributed by atoms with Crippen molar-refractivity contribution in [2.45, 2.75) is 94.8 Å². The first-order valence-corrected chi connectivity index (χ1v) is 26.3. The van der Waals surface area contributed by atoms with Gasteiger partial charge in [0.05, 0.1) is 56.2 Å². The van der Waals surface area contributed by atoms with Crippen molar-refractivity contribution in [1.82, 2.24) is 4.90 Å². The van der Waals surface area contributed by atoms with Gasteiger partial charge in [0.1, 0.15) is 34.8 Å². The van der Waals surface area contributed by atoms with Crippen LogP contribution in [0, 0.1) is 27.9 Å². The Morgan fingerprint density at radius 1 is 0.896 bits per heavy atom. The number of nitrogens with zero attached hydrogens (tertiary/aromatic N) is 3. The number of nitro benzene ring substituents is 1. The van der Waals surface area contributed by atoms with Gasteiger partial charge in [0.15, 0.2) is 0 Å². The van der Waals surface area contributed by atoms with E-state index in [2.05, 4.69) is 18.0 Å². The summed E-state index contributed by atoms with van der Waals surface area (Å²) in [5.74, 6) is -1.52. The Balaban J connectivity index is 1.23. The van der Waals surface area contributed by atoms with Crippen LogP contribution in [0.3, 0.4) is 0 Å². The highest BCUT2D eigenvalue weighted by Crippen LogP contribution is 2.62. The van der Waals surface area contributed by atoms with E-state index in [0.29, 0.717) is 80.2 Å². The van der Waals surface area contributed by atoms with E-state index >= 15 is 4.79 Å². The smallest absolute Gasteiger partial charge is 0.417 e. The fourth-order valence-corrected chi connectivity index (χ4v) is 11.5. The van der Waals surface area contributed by atoms with E-state index in [1.54, 1.807) is 41.3 Å². The van der Waals surface area contributed by atoms with Crippen LogP contribution >= 0.6 is 0 Å². The van der Waals surface area contributed by atoms with Gasteiger partial charge in [0.25, 0.3) is 5.69 Å². The molecule has 7 atom stereocenters. The number of carbonyl (C=O) groups excluding carboxylic acids is 2. The summed E-state index contributed by atoms with van der Waals surface area (Å²) < 4.78 is 43.9. The number of benzene rings is 5. The number of methoxy groups -OCH3 is 2. The average molecular weight is 1060 g/mol. The second-order valence-electron chi connectivity index (χ2n) is 19.6. The molecule has 1 saturated heterocycles. The first kappa shape index (κ1) is 54.3. The number of hydrogen-bond donors (Lipinski definition) is 3. The molecule has 18 nitrogen and oxygen atoms in total. The molecule has 4 aliphatic rings. The quantitative estimate of drug-likeness (QED) is 0.0254. The number of oxime groups is 1. The molecule has 0 radical (unpaired) electrons. The summed E-state index contributed by atoms with van der Waals surface area (Å²) >= 11 is 0. The monoisotopic (exact) mass is 1050 g/mol. The van der Waals surface area contributed by atoms with Gasteiger partial charge in [-0.3, -0.25) is 20.3 Å². The molecule has 77 heavy (non-hydrogen) atoms. The number of unbranched alkanes of at least 4 members (excludes halogenated alkanes) is 2. The molecule has 0 bridgehead atoms. The fraction of sp³-hybridized carbons (Fsp3) is 0.407. The van der Waals surface area contributed by atoms with Crippen LogP contribution in [-0.2, 0) is 20.9 Å². The first-order valence-electron chi connectivity index (χ1n) is 26.3. The lowest BCUT2D eigenvalue weighted by molar-refractivity contribution is -0.384. The van der Waals surface area contributed by atoms with Crippen LogP contribution in [0.1, 0.15) is 81.3 Å². The van der Waals surface area contributed by atoms with Crippen LogP contribution in [0.4, 0.5) is 21.0 Å². The van der Waals surface area contributed by atoms with Crippen LogP contribution in [-0.4, -0.2) is 96.7 Å². The maximum atomic E-state index is 15.5. The van der Waals surface area contributed by atoms with Gasteiger partial charge in [-0.1, -0.05) is 72.6 Å². The standard InChI is InChI=1S/C59H66N4O14/c1-4-31-73-59-53(62(37-40-17-13-16-38-14-5-6-18-45(38)40)58(67)75-42-23-21-41(22-24-42)63(68)69)36-50(61-77-54-20-9-12-32-72-54)47-33-39(15-7-10-29-64)46(19-8-11-30-65)55(56(47)59)48-34-44(26-28-51(48)76-59)74-57(66)60-49-27-25-43(70-2)35-52(49)71-3/h4-6,13-14,16-18,21-28,33-35,39,46,53-56,64-65H,1,7-12,15,19-20,29-32,36-37H2,2-3H3,(H,60,66)/t39-,46+,53-,54?,55+,56+,59+/m0/s1. The van der Waals surface area contributed by atoms with Crippen molar-refractivity contribution in [3.05, 3.63) is 149 Å². The van der Waals surface area contributed by atoms with Crippen molar-refractivity contribution < 1.29 is 62.7 Å². The number of nitrogens with one attached hydrogen (secondary N) is 1. The third-order valence-electron chi connectivity index (χ3n) is 15.0. The second kappa shape index (κ2) is 25.1.